The van der Waals surface area contributed by atoms with Gasteiger partial charge in [0.15, 0.2) is 18.1 Å². The summed E-state index contributed by atoms with van der Waals surface area (Å²) in [6.45, 7) is 3.97. The number of carbonyl (C=O) groups excluding carboxylic acids is 1. The fourth-order valence-corrected chi connectivity index (χ4v) is 3.07. The molecule has 170 valence electrons. The van der Waals surface area contributed by atoms with Gasteiger partial charge in [-0.05, 0) is 59.5 Å². The van der Waals surface area contributed by atoms with Crippen LogP contribution in [0.4, 0.5) is 0 Å². The minimum Gasteiger partial charge on any atom is -0.493 e. The van der Waals surface area contributed by atoms with E-state index in [4.69, 9.17) is 25.8 Å². The highest BCUT2D eigenvalue weighted by atomic mass is 35.5. The summed E-state index contributed by atoms with van der Waals surface area (Å²) in [5.41, 5.74) is 5.15. The fraction of sp³-hybridized carbons (Fsp3) is 0.154. The van der Waals surface area contributed by atoms with Gasteiger partial charge >= 0.3 is 0 Å². The van der Waals surface area contributed by atoms with Crippen molar-refractivity contribution in [3.05, 3.63) is 101 Å². The Balaban J connectivity index is 1.52. The Labute approximate surface area is 198 Å². The van der Waals surface area contributed by atoms with Crippen LogP contribution in [0.5, 0.6) is 17.2 Å². The van der Waals surface area contributed by atoms with Gasteiger partial charge in [-0.3, -0.25) is 4.79 Å². The molecule has 0 atom stereocenters. The molecule has 3 rings (SSSR count). The van der Waals surface area contributed by atoms with Gasteiger partial charge in [0.05, 0.1) is 13.3 Å². The monoisotopic (exact) mass is 464 g/mol. The molecule has 0 aromatic heterocycles. The van der Waals surface area contributed by atoms with Gasteiger partial charge in [-0.25, -0.2) is 5.43 Å². The number of amides is 1. The number of hydrazone groups is 1. The van der Waals surface area contributed by atoms with Gasteiger partial charge in [0, 0.05) is 5.02 Å². The number of nitrogens with zero attached hydrogens (tertiary/aromatic N) is 1. The van der Waals surface area contributed by atoms with Crippen LogP contribution in [0.25, 0.3) is 0 Å². The zero-order valence-corrected chi connectivity index (χ0v) is 19.0. The zero-order valence-electron chi connectivity index (χ0n) is 18.3. The second-order valence-electron chi connectivity index (χ2n) is 7.01. The fourth-order valence-electron chi connectivity index (χ4n) is 2.95. The summed E-state index contributed by atoms with van der Waals surface area (Å²) >= 11 is 5.91. The Morgan fingerprint density at radius 1 is 1.03 bits per heavy atom. The van der Waals surface area contributed by atoms with Crippen LogP contribution < -0.4 is 19.6 Å². The third kappa shape index (κ3) is 7.40. The van der Waals surface area contributed by atoms with Crippen molar-refractivity contribution in [2.75, 3.05) is 13.7 Å². The molecular formula is C26H25ClN2O4. The minimum absolute atomic E-state index is 0.147. The van der Waals surface area contributed by atoms with Crippen molar-refractivity contribution >= 4 is 23.7 Å². The molecule has 0 saturated heterocycles. The summed E-state index contributed by atoms with van der Waals surface area (Å²) in [6.07, 6.45) is 3.97. The highest BCUT2D eigenvalue weighted by Gasteiger charge is 2.07. The molecule has 0 aliphatic rings. The molecule has 1 N–H and O–H groups in total. The summed E-state index contributed by atoms with van der Waals surface area (Å²) in [5.74, 6) is 1.44. The van der Waals surface area contributed by atoms with Crippen LogP contribution in [0.1, 0.15) is 16.7 Å². The average Bonchev–Trinajstić information content (AvgIpc) is 2.83. The molecule has 6 nitrogen and oxygen atoms in total. The first kappa shape index (κ1) is 23.9. The highest BCUT2D eigenvalue weighted by molar-refractivity contribution is 6.30. The topological polar surface area (TPSA) is 69.2 Å². The van der Waals surface area contributed by atoms with E-state index >= 15 is 0 Å². The Morgan fingerprint density at radius 3 is 2.58 bits per heavy atom. The van der Waals surface area contributed by atoms with E-state index < -0.39 is 0 Å². The Bertz CT molecular complexity index is 1110. The van der Waals surface area contributed by atoms with Crippen LogP contribution >= 0.6 is 11.6 Å². The third-order valence-corrected chi connectivity index (χ3v) is 4.85. The third-order valence-electron chi connectivity index (χ3n) is 4.59. The summed E-state index contributed by atoms with van der Waals surface area (Å²) in [6, 6.07) is 20.3. The van der Waals surface area contributed by atoms with Gasteiger partial charge in [0.2, 0.25) is 0 Å². The van der Waals surface area contributed by atoms with E-state index in [1.165, 1.54) is 6.21 Å². The maximum absolute atomic E-state index is 12.1. The molecule has 0 heterocycles. The predicted octanol–water partition coefficient (Wildman–Crippen LogP) is 5.19. The normalized spacial score (nSPS) is 10.6. The van der Waals surface area contributed by atoms with E-state index in [0.29, 0.717) is 35.3 Å². The molecule has 0 unspecified atom stereocenters. The van der Waals surface area contributed by atoms with E-state index in [1.54, 1.807) is 25.3 Å². The number of ether oxygens (including phenoxy) is 3. The summed E-state index contributed by atoms with van der Waals surface area (Å²) in [5, 5.41) is 4.67. The number of allylic oxidation sites excluding steroid dienone is 1. The van der Waals surface area contributed by atoms with E-state index in [2.05, 4.69) is 17.1 Å². The van der Waals surface area contributed by atoms with Crippen LogP contribution in [0.15, 0.2) is 84.5 Å². The summed E-state index contributed by atoms with van der Waals surface area (Å²) in [7, 11) is 1.56. The van der Waals surface area contributed by atoms with Crippen molar-refractivity contribution in [3.8, 4) is 17.2 Å². The quantitative estimate of drug-likeness (QED) is 0.241. The standard InChI is InChI=1S/C26H25ClN2O4/c1-3-6-21-7-4-5-8-23(21)33-18-26(30)29-28-16-20-11-14-24(25(15-20)31-2)32-17-19-9-12-22(27)13-10-19/h3-5,7-16H,1,6,17-18H2,2H3,(H,29,30)/b28-16+. The first-order valence-electron chi connectivity index (χ1n) is 10.3. The Kier molecular flexibility index (Phi) is 8.91. The second kappa shape index (κ2) is 12.3. The first-order valence-corrected chi connectivity index (χ1v) is 10.7. The van der Waals surface area contributed by atoms with Crippen molar-refractivity contribution in [2.24, 2.45) is 5.10 Å². The highest BCUT2D eigenvalue weighted by Crippen LogP contribution is 2.28. The number of benzene rings is 3. The van der Waals surface area contributed by atoms with Crippen LogP contribution in [0.3, 0.4) is 0 Å². The van der Waals surface area contributed by atoms with Crippen molar-refractivity contribution in [1.82, 2.24) is 5.43 Å². The van der Waals surface area contributed by atoms with Crippen molar-refractivity contribution in [1.29, 1.82) is 0 Å². The molecule has 3 aromatic rings. The van der Waals surface area contributed by atoms with Crippen molar-refractivity contribution < 1.29 is 19.0 Å². The molecule has 0 radical (unpaired) electrons. The Morgan fingerprint density at radius 2 is 1.82 bits per heavy atom. The van der Waals surface area contributed by atoms with Crippen molar-refractivity contribution in [2.45, 2.75) is 13.0 Å². The minimum atomic E-state index is -0.366. The van der Waals surface area contributed by atoms with E-state index in [9.17, 15) is 4.79 Å². The second-order valence-corrected chi connectivity index (χ2v) is 7.44. The lowest BCUT2D eigenvalue weighted by Crippen LogP contribution is -2.24. The van der Waals surface area contributed by atoms with Gasteiger partial charge in [-0.15, -0.1) is 6.58 Å². The smallest absolute Gasteiger partial charge is 0.277 e. The molecular weight excluding hydrogens is 440 g/mol. The molecule has 0 aliphatic heterocycles. The molecule has 7 heteroatoms. The SMILES string of the molecule is C=CCc1ccccc1OCC(=O)N/N=C/c1ccc(OCc2ccc(Cl)cc2)c(OC)c1. The lowest BCUT2D eigenvalue weighted by molar-refractivity contribution is -0.123. The lowest BCUT2D eigenvalue weighted by atomic mass is 10.1. The lowest BCUT2D eigenvalue weighted by Gasteiger charge is -2.11. The number of rotatable bonds is 11. The maximum atomic E-state index is 12.1. The summed E-state index contributed by atoms with van der Waals surface area (Å²) in [4.78, 5) is 12.1. The largest absolute Gasteiger partial charge is 0.493 e. The molecule has 1 amide bonds. The van der Waals surface area contributed by atoms with Crippen LogP contribution in [-0.2, 0) is 17.8 Å². The molecule has 3 aromatic carbocycles. The molecule has 0 fully saturated rings. The van der Waals surface area contributed by atoms with Gasteiger partial charge in [0.25, 0.3) is 5.91 Å². The Hall–Kier alpha value is -3.77. The number of carbonyl (C=O) groups is 1. The van der Waals surface area contributed by atoms with E-state index in [-0.39, 0.29) is 12.5 Å². The predicted molar refractivity (Wildman–Crippen MR) is 130 cm³/mol. The molecule has 0 spiro atoms. The molecule has 33 heavy (non-hydrogen) atoms. The van der Waals surface area contributed by atoms with Gasteiger partial charge in [-0.1, -0.05) is 48.0 Å². The van der Waals surface area contributed by atoms with Crippen LogP contribution in [0, 0.1) is 0 Å². The zero-order chi connectivity index (χ0) is 23.5. The van der Waals surface area contributed by atoms with Gasteiger partial charge in [0.1, 0.15) is 12.4 Å². The number of hydrogen-bond donors (Lipinski definition) is 1. The van der Waals surface area contributed by atoms with E-state index in [1.807, 2.05) is 54.6 Å². The van der Waals surface area contributed by atoms with Crippen LogP contribution in [0.2, 0.25) is 5.02 Å². The number of para-hydroxylation sites is 1. The molecule has 0 aliphatic carbocycles. The van der Waals surface area contributed by atoms with Gasteiger partial charge in [-0.2, -0.15) is 5.10 Å². The van der Waals surface area contributed by atoms with Gasteiger partial charge < -0.3 is 14.2 Å². The molecule has 0 bridgehead atoms. The number of methoxy groups -OCH3 is 1. The number of hydrogen-bond acceptors (Lipinski definition) is 5. The van der Waals surface area contributed by atoms with Crippen molar-refractivity contribution in [3.63, 3.8) is 0 Å². The number of nitrogens with one attached hydrogen (secondary N) is 1. The average molecular weight is 465 g/mol. The first-order chi connectivity index (χ1) is 16.1. The number of halogens is 1. The van der Waals surface area contributed by atoms with Crippen LogP contribution in [-0.4, -0.2) is 25.8 Å². The molecule has 0 saturated carbocycles. The summed E-state index contributed by atoms with van der Waals surface area (Å²) < 4.78 is 16.9. The maximum Gasteiger partial charge on any atom is 0.277 e. The van der Waals surface area contributed by atoms with E-state index in [0.717, 1.165) is 16.7 Å².